The summed E-state index contributed by atoms with van der Waals surface area (Å²) in [5.74, 6) is 0.215. The van der Waals surface area contributed by atoms with Gasteiger partial charge >= 0.3 is 0 Å². The maximum Gasteiger partial charge on any atom is 0.261 e. The van der Waals surface area contributed by atoms with Crippen molar-refractivity contribution in [3.8, 4) is 5.75 Å². The van der Waals surface area contributed by atoms with Crippen molar-refractivity contribution < 1.29 is 13.5 Å². The molecule has 0 radical (unpaired) electrons. The number of phenols is 1. The molecule has 0 spiro atoms. The zero-order chi connectivity index (χ0) is 16.5. The second-order valence-corrected chi connectivity index (χ2v) is 7.85. The normalized spacial score (nSPS) is 11.7. The third-order valence-electron chi connectivity index (χ3n) is 3.43. The molecule has 0 heterocycles. The third kappa shape index (κ3) is 3.28. The van der Waals surface area contributed by atoms with E-state index in [1.165, 1.54) is 12.1 Å². The molecule has 0 aliphatic rings. The molecule has 0 aliphatic carbocycles. The predicted molar refractivity (Wildman–Crippen MR) is 91.9 cm³/mol. The lowest BCUT2D eigenvalue weighted by Crippen LogP contribution is -2.14. The summed E-state index contributed by atoms with van der Waals surface area (Å²) in [4.78, 5) is 0.199. The molecule has 2 rings (SSSR count). The maximum absolute atomic E-state index is 12.4. The quantitative estimate of drug-likeness (QED) is 0.769. The van der Waals surface area contributed by atoms with E-state index in [1.807, 2.05) is 13.8 Å². The van der Waals surface area contributed by atoms with E-state index in [2.05, 4.69) is 20.7 Å². The molecule has 0 aliphatic heterocycles. The first-order valence-electron chi connectivity index (χ1n) is 6.84. The maximum atomic E-state index is 12.4. The number of sulfonamides is 1. The van der Waals surface area contributed by atoms with E-state index >= 15 is 0 Å². The molecule has 0 amide bonds. The van der Waals surface area contributed by atoms with Crippen LogP contribution >= 0.6 is 15.9 Å². The summed E-state index contributed by atoms with van der Waals surface area (Å²) in [6.45, 7) is 5.62. The minimum absolute atomic E-state index is 0.0666. The molecule has 0 atom stereocenters. The molecule has 0 aromatic heterocycles. The van der Waals surface area contributed by atoms with Gasteiger partial charge in [0.05, 0.1) is 15.1 Å². The van der Waals surface area contributed by atoms with Gasteiger partial charge in [0.25, 0.3) is 10.0 Å². The van der Waals surface area contributed by atoms with Gasteiger partial charge in [0, 0.05) is 0 Å². The average molecular weight is 384 g/mol. The Balaban J connectivity index is 2.50. The van der Waals surface area contributed by atoms with Gasteiger partial charge in [0.1, 0.15) is 5.75 Å². The molecule has 2 N–H and O–H groups in total. The van der Waals surface area contributed by atoms with Crippen LogP contribution in [-0.2, 0) is 10.0 Å². The number of halogens is 1. The molecule has 0 bridgehead atoms. The fourth-order valence-electron chi connectivity index (χ4n) is 2.10. The summed E-state index contributed by atoms with van der Waals surface area (Å²) in [5, 5.41) is 10.2. The number of phenolic OH excluding ortho intramolecular Hbond substituents is 1. The van der Waals surface area contributed by atoms with Gasteiger partial charge in [-0.2, -0.15) is 0 Å². The third-order valence-corrected chi connectivity index (χ3v) is 5.79. The van der Waals surface area contributed by atoms with Crippen LogP contribution in [0.25, 0.3) is 0 Å². The van der Waals surface area contributed by atoms with E-state index in [0.717, 1.165) is 0 Å². The summed E-state index contributed by atoms with van der Waals surface area (Å²) >= 11 is 3.33. The van der Waals surface area contributed by atoms with Crippen LogP contribution in [-0.4, -0.2) is 13.5 Å². The van der Waals surface area contributed by atoms with Crippen molar-refractivity contribution in [3.05, 3.63) is 52.0 Å². The smallest absolute Gasteiger partial charge is 0.261 e. The largest absolute Gasteiger partial charge is 0.506 e. The lowest BCUT2D eigenvalue weighted by molar-refractivity contribution is 0.461. The van der Waals surface area contributed by atoms with Gasteiger partial charge in [-0.05, 0) is 58.1 Å². The second-order valence-electron chi connectivity index (χ2n) is 5.37. The first-order valence-corrected chi connectivity index (χ1v) is 9.11. The number of hydrogen-bond acceptors (Lipinski definition) is 3. The Bertz CT molecular complexity index is 787. The highest BCUT2D eigenvalue weighted by molar-refractivity contribution is 9.10. The molecule has 2 aromatic rings. The van der Waals surface area contributed by atoms with Gasteiger partial charge < -0.3 is 5.11 Å². The van der Waals surface area contributed by atoms with Crippen molar-refractivity contribution in [2.24, 2.45) is 0 Å². The van der Waals surface area contributed by atoms with Crippen molar-refractivity contribution in [1.29, 1.82) is 0 Å². The van der Waals surface area contributed by atoms with Gasteiger partial charge in [-0.1, -0.05) is 32.0 Å². The number of hydrogen-bond donors (Lipinski definition) is 2. The number of aromatic hydroxyl groups is 1. The van der Waals surface area contributed by atoms with Crippen LogP contribution in [0.2, 0.25) is 0 Å². The first kappa shape index (κ1) is 16.8. The molecular formula is C16H18BrNO3S. The number of rotatable bonds is 4. The van der Waals surface area contributed by atoms with Crippen LogP contribution in [0.5, 0.6) is 5.75 Å². The summed E-state index contributed by atoms with van der Waals surface area (Å²) in [6, 6.07) is 9.87. The van der Waals surface area contributed by atoms with Gasteiger partial charge in [0.2, 0.25) is 0 Å². The fourth-order valence-corrected chi connectivity index (χ4v) is 3.68. The average Bonchev–Trinajstić information content (AvgIpc) is 2.48. The number of nitrogens with one attached hydrogen (secondary N) is 1. The molecule has 6 heteroatoms. The Hall–Kier alpha value is -1.53. The Morgan fingerprint density at radius 3 is 2.32 bits per heavy atom. The van der Waals surface area contributed by atoms with Gasteiger partial charge in [-0.25, -0.2) is 8.42 Å². The SMILES string of the molecule is Cc1c(NS(=O)(=O)c2ccccc2)cc(C(C)C)c(O)c1Br. The molecule has 0 unspecified atom stereocenters. The first-order chi connectivity index (χ1) is 10.2. The van der Waals surface area contributed by atoms with Crippen molar-refractivity contribution in [3.63, 3.8) is 0 Å². The van der Waals surface area contributed by atoms with Crippen LogP contribution in [0.4, 0.5) is 5.69 Å². The topological polar surface area (TPSA) is 66.4 Å². The van der Waals surface area contributed by atoms with E-state index in [-0.39, 0.29) is 16.6 Å². The highest BCUT2D eigenvalue weighted by Crippen LogP contribution is 2.39. The minimum Gasteiger partial charge on any atom is -0.506 e. The van der Waals surface area contributed by atoms with Crippen LogP contribution in [0.15, 0.2) is 45.8 Å². The summed E-state index contributed by atoms with van der Waals surface area (Å²) in [7, 11) is -3.66. The van der Waals surface area contributed by atoms with E-state index in [4.69, 9.17) is 0 Å². The van der Waals surface area contributed by atoms with Crippen molar-refractivity contribution in [2.45, 2.75) is 31.6 Å². The van der Waals surface area contributed by atoms with Crippen LogP contribution < -0.4 is 4.72 Å². The highest BCUT2D eigenvalue weighted by atomic mass is 79.9. The molecule has 0 saturated carbocycles. The summed E-state index contributed by atoms with van der Waals surface area (Å²) in [6.07, 6.45) is 0. The van der Waals surface area contributed by atoms with E-state index in [9.17, 15) is 13.5 Å². The highest BCUT2D eigenvalue weighted by Gasteiger charge is 2.20. The van der Waals surface area contributed by atoms with Gasteiger partial charge in [0.15, 0.2) is 0 Å². The lowest BCUT2D eigenvalue weighted by Gasteiger charge is -2.17. The predicted octanol–water partition coefficient (Wildman–Crippen LogP) is 4.39. The summed E-state index contributed by atoms with van der Waals surface area (Å²) in [5.41, 5.74) is 1.78. The molecular weight excluding hydrogens is 366 g/mol. The summed E-state index contributed by atoms with van der Waals surface area (Å²) < 4.78 is 28.0. The van der Waals surface area contributed by atoms with E-state index in [1.54, 1.807) is 31.2 Å². The number of anilines is 1. The Labute approximate surface area is 139 Å². The Morgan fingerprint density at radius 1 is 1.18 bits per heavy atom. The standard InChI is InChI=1S/C16H18BrNO3S/c1-10(2)13-9-14(11(3)15(17)16(13)19)18-22(20,21)12-7-5-4-6-8-12/h4-10,18-19H,1-3H3. The Kier molecular flexibility index (Phi) is 4.82. The van der Waals surface area contributed by atoms with Crippen molar-refractivity contribution in [1.82, 2.24) is 0 Å². The monoisotopic (exact) mass is 383 g/mol. The molecule has 118 valence electrons. The Morgan fingerprint density at radius 2 is 1.77 bits per heavy atom. The van der Waals surface area contributed by atoms with Crippen LogP contribution in [0.3, 0.4) is 0 Å². The fraction of sp³-hybridized carbons (Fsp3) is 0.250. The zero-order valence-electron chi connectivity index (χ0n) is 12.6. The van der Waals surface area contributed by atoms with Gasteiger partial charge in [-0.15, -0.1) is 0 Å². The molecule has 4 nitrogen and oxygen atoms in total. The lowest BCUT2D eigenvalue weighted by atomic mass is 9.99. The molecule has 2 aromatic carbocycles. The van der Waals surface area contributed by atoms with Gasteiger partial charge in [-0.3, -0.25) is 4.72 Å². The van der Waals surface area contributed by atoms with Crippen LogP contribution in [0.1, 0.15) is 30.9 Å². The molecule has 22 heavy (non-hydrogen) atoms. The van der Waals surface area contributed by atoms with Crippen molar-refractivity contribution >= 4 is 31.6 Å². The van der Waals surface area contributed by atoms with Crippen molar-refractivity contribution in [2.75, 3.05) is 4.72 Å². The second kappa shape index (κ2) is 6.30. The van der Waals surface area contributed by atoms with Crippen LogP contribution in [0, 0.1) is 6.92 Å². The minimum atomic E-state index is -3.66. The molecule has 0 fully saturated rings. The molecule has 0 saturated heterocycles. The number of benzene rings is 2. The zero-order valence-corrected chi connectivity index (χ0v) is 15.0. The van der Waals surface area contributed by atoms with E-state index in [0.29, 0.717) is 21.3 Å². The van der Waals surface area contributed by atoms with E-state index < -0.39 is 10.0 Å².